The summed E-state index contributed by atoms with van der Waals surface area (Å²) < 4.78 is 5.35. The van der Waals surface area contributed by atoms with Gasteiger partial charge in [-0.15, -0.1) is 10.2 Å². The molecule has 7 nitrogen and oxygen atoms in total. The number of nitrogens with one attached hydrogen (secondary N) is 2. The van der Waals surface area contributed by atoms with E-state index in [1.54, 1.807) is 0 Å². The quantitative estimate of drug-likeness (QED) is 0.749. The Kier molecular flexibility index (Phi) is 3.16. The first-order chi connectivity index (χ1) is 9.75. The SMILES string of the molecule is CC(CNC(=O)c1coc2ccccc12)c1nn[nH]n1. The van der Waals surface area contributed by atoms with Crippen LogP contribution in [0.5, 0.6) is 0 Å². The second-order valence-electron chi connectivity index (χ2n) is 4.53. The summed E-state index contributed by atoms with van der Waals surface area (Å²) in [6.07, 6.45) is 1.47. The second kappa shape index (κ2) is 5.12. The maximum atomic E-state index is 12.2. The first kappa shape index (κ1) is 12.3. The van der Waals surface area contributed by atoms with Gasteiger partial charge in [0, 0.05) is 17.8 Å². The molecule has 1 amide bonds. The first-order valence-corrected chi connectivity index (χ1v) is 6.23. The molecule has 3 rings (SSSR count). The largest absolute Gasteiger partial charge is 0.463 e. The Morgan fingerprint density at radius 3 is 3.10 bits per heavy atom. The number of aromatic nitrogens is 4. The molecule has 0 aliphatic carbocycles. The molecule has 0 spiro atoms. The molecule has 7 heteroatoms. The molecule has 0 aliphatic heterocycles. The molecule has 20 heavy (non-hydrogen) atoms. The molecular weight excluding hydrogens is 258 g/mol. The van der Waals surface area contributed by atoms with Gasteiger partial charge in [-0.1, -0.05) is 30.3 Å². The number of hydrogen-bond acceptors (Lipinski definition) is 5. The Hall–Kier alpha value is -2.70. The summed E-state index contributed by atoms with van der Waals surface area (Å²) in [7, 11) is 0. The van der Waals surface area contributed by atoms with Gasteiger partial charge in [0.1, 0.15) is 11.8 Å². The van der Waals surface area contributed by atoms with Crippen molar-refractivity contribution in [1.82, 2.24) is 25.9 Å². The molecule has 0 saturated heterocycles. The lowest BCUT2D eigenvalue weighted by Crippen LogP contribution is -2.27. The summed E-state index contributed by atoms with van der Waals surface area (Å²) in [5.41, 5.74) is 1.23. The standard InChI is InChI=1S/C13H13N5O2/c1-8(12-15-17-18-16-12)6-14-13(19)10-7-20-11-5-3-2-4-9(10)11/h2-5,7-8H,6H2,1H3,(H,14,19)(H,15,16,17,18). The van der Waals surface area contributed by atoms with Crippen molar-refractivity contribution in [3.05, 3.63) is 41.9 Å². The second-order valence-corrected chi connectivity index (χ2v) is 4.53. The number of nitrogens with zero attached hydrogens (tertiary/aromatic N) is 3. The van der Waals surface area contributed by atoms with Crippen molar-refractivity contribution in [2.45, 2.75) is 12.8 Å². The molecule has 2 N–H and O–H groups in total. The average Bonchev–Trinajstić information content (AvgIpc) is 3.13. The Bertz CT molecular complexity index is 719. The first-order valence-electron chi connectivity index (χ1n) is 6.23. The van der Waals surface area contributed by atoms with Crippen molar-refractivity contribution < 1.29 is 9.21 Å². The van der Waals surface area contributed by atoms with Gasteiger partial charge in [-0.25, -0.2) is 0 Å². The van der Waals surface area contributed by atoms with Gasteiger partial charge >= 0.3 is 0 Å². The highest BCUT2D eigenvalue weighted by atomic mass is 16.3. The molecule has 2 aromatic heterocycles. The Morgan fingerprint density at radius 1 is 1.45 bits per heavy atom. The third kappa shape index (κ3) is 2.25. The molecule has 0 aliphatic rings. The fourth-order valence-electron chi connectivity index (χ4n) is 1.96. The molecule has 2 heterocycles. The Labute approximate surface area is 114 Å². The molecule has 3 aromatic rings. The molecule has 102 valence electrons. The lowest BCUT2D eigenvalue weighted by atomic mass is 10.1. The van der Waals surface area contributed by atoms with Crippen LogP contribution in [-0.2, 0) is 0 Å². The van der Waals surface area contributed by atoms with Crippen LogP contribution in [0.4, 0.5) is 0 Å². The van der Waals surface area contributed by atoms with Gasteiger partial charge in [-0.05, 0) is 6.07 Å². The van der Waals surface area contributed by atoms with E-state index in [1.165, 1.54) is 6.26 Å². The number of aromatic amines is 1. The van der Waals surface area contributed by atoms with E-state index in [9.17, 15) is 4.79 Å². The number of benzene rings is 1. The fourth-order valence-corrected chi connectivity index (χ4v) is 1.96. The highest BCUT2D eigenvalue weighted by Gasteiger charge is 2.16. The minimum absolute atomic E-state index is 0.0177. The number of H-pyrrole nitrogens is 1. The molecule has 0 fully saturated rings. The third-order valence-electron chi connectivity index (χ3n) is 3.10. The van der Waals surface area contributed by atoms with E-state index in [0.29, 0.717) is 23.5 Å². The molecule has 1 atom stereocenters. The van der Waals surface area contributed by atoms with Crippen molar-refractivity contribution in [1.29, 1.82) is 0 Å². The maximum Gasteiger partial charge on any atom is 0.255 e. The van der Waals surface area contributed by atoms with Gasteiger partial charge < -0.3 is 9.73 Å². The number of fused-ring (bicyclic) bond motifs is 1. The highest BCUT2D eigenvalue weighted by molar-refractivity contribution is 6.05. The maximum absolute atomic E-state index is 12.2. The summed E-state index contributed by atoms with van der Waals surface area (Å²) >= 11 is 0. The van der Waals surface area contributed by atoms with Gasteiger partial charge in [-0.2, -0.15) is 5.21 Å². The van der Waals surface area contributed by atoms with E-state index in [4.69, 9.17) is 4.42 Å². The van der Waals surface area contributed by atoms with Crippen LogP contribution in [0.25, 0.3) is 11.0 Å². The monoisotopic (exact) mass is 271 g/mol. The molecule has 1 unspecified atom stereocenters. The number of rotatable bonds is 4. The van der Waals surface area contributed by atoms with E-state index < -0.39 is 0 Å². The number of carbonyl (C=O) groups is 1. The van der Waals surface area contributed by atoms with E-state index in [0.717, 1.165) is 5.39 Å². The van der Waals surface area contributed by atoms with Crippen LogP contribution in [0, 0.1) is 0 Å². The van der Waals surface area contributed by atoms with Gasteiger partial charge in [0.2, 0.25) is 0 Å². The van der Waals surface area contributed by atoms with Crippen LogP contribution in [-0.4, -0.2) is 33.1 Å². The summed E-state index contributed by atoms with van der Waals surface area (Å²) in [6, 6.07) is 7.42. The number of amides is 1. The Morgan fingerprint density at radius 2 is 2.30 bits per heavy atom. The van der Waals surface area contributed by atoms with E-state index in [2.05, 4.69) is 25.9 Å². The van der Waals surface area contributed by atoms with Crippen LogP contribution in [0.2, 0.25) is 0 Å². The van der Waals surface area contributed by atoms with Gasteiger partial charge in [0.25, 0.3) is 5.91 Å². The average molecular weight is 271 g/mol. The van der Waals surface area contributed by atoms with E-state index in [-0.39, 0.29) is 11.8 Å². The van der Waals surface area contributed by atoms with Crippen molar-refractivity contribution in [3.63, 3.8) is 0 Å². The molecule has 0 saturated carbocycles. The Balaban J connectivity index is 1.70. The van der Waals surface area contributed by atoms with Crippen molar-refractivity contribution in [2.24, 2.45) is 0 Å². The molecular formula is C13H13N5O2. The molecule has 1 aromatic carbocycles. The van der Waals surface area contributed by atoms with Crippen LogP contribution < -0.4 is 5.32 Å². The summed E-state index contributed by atoms with van der Waals surface area (Å²) in [5.74, 6) is 0.378. The van der Waals surface area contributed by atoms with Crippen molar-refractivity contribution >= 4 is 16.9 Å². The van der Waals surface area contributed by atoms with Crippen LogP contribution in [0.15, 0.2) is 34.9 Å². The number of carbonyl (C=O) groups excluding carboxylic acids is 1. The molecule has 0 bridgehead atoms. The van der Waals surface area contributed by atoms with Gasteiger partial charge in [-0.3, -0.25) is 4.79 Å². The minimum atomic E-state index is -0.176. The van der Waals surface area contributed by atoms with E-state index >= 15 is 0 Å². The predicted molar refractivity (Wildman–Crippen MR) is 71.1 cm³/mol. The van der Waals surface area contributed by atoms with Gasteiger partial charge in [0.15, 0.2) is 5.82 Å². The predicted octanol–water partition coefficient (Wildman–Crippen LogP) is 1.48. The summed E-state index contributed by atoms with van der Waals surface area (Å²) in [6.45, 7) is 2.34. The summed E-state index contributed by atoms with van der Waals surface area (Å²) in [4.78, 5) is 12.2. The van der Waals surface area contributed by atoms with Crippen molar-refractivity contribution in [2.75, 3.05) is 6.54 Å². The fraction of sp³-hybridized carbons (Fsp3) is 0.231. The third-order valence-corrected chi connectivity index (χ3v) is 3.10. The summed E-state index contributed by atoms with van der Waals surface area (Å²) in [5, 5.41) is 17.3. The van der Waals surface area contributed by atoms with Crippen LogP contribution >= 0.6 is 0 Å². The lowest BCUT2D eigenvalue weighted by molar-refractivity contribution is 0.0952. The topological polar surface area (TPSA) is 96.7 Å². The van der Waals surface area contributed by atoms with Gasteiger partial charge in [0.05, 0.1) is 5.56 Å². The smallest absolute Gasteiger partial charge is 0.255 e. The molecule has 0 radical (unpaired) electrons. The minimum Gasteiger partial charge on any atom is -0.463 e. The number of furan rings is 1. The number of para-hydroxylation sites is 1. The highest BCUT2D eigenvalue weighted by Crippen LogP contribution is 2.20. The zero-order valence-electron chi connectivity index (χ0n) is 10.8. The zero-order chi connectivity index (χ0) is 13.9. The van der Waals surface area contributed by atoms with E-state index in [1.807, 2.05) is 31.2 Å². The number of tetrazole rings is 1. The normalized spacial score (nSPS) is 12.4. The number of hydrogen-bond donors (Lipinski definition) is 2. The van der Waals surface area contributed by atoms with Crippen molar-refractivity contribution in [3.8, 4) is 0 Å². The zero-order valence-corrected chi connectivity index (χ0v) is 10.8. The lowest BCUT2D eigenvalue weighted by Gasteiger charge is -2.08. The van der Waals surface area contributed by atoms with Crippen LogP contribution in [0.3, 0.4) is 0 Å². The van der Waals surface area contributed by atoms with Crippen LogP contribution in [0.1, 0.15) is 29.0 Å².